The molecular formula is C16H15N3O. The maximum atomic E-state index is 11.8. The van der Waals surface area contributed by atoms with Crippen molar-refractivity contribution in [3.63, 3.8) is 0 Å². The third-order valence-corrected chi connectivity index (χ3v) is 2.89. The molecule has 0 bridgehead atoms. The summed E-state index contributed by atoms with van der Waals surface area (Å²) < 4.78 is 0. The smallest absolute Gasteiger partial charge is 0.224 e. The zero-order valence-electron chi connectivity index (χ0n) is 11.0. The lowest BCUT2D eigenvalue weighted by Crippen LogP contribution is -2.12. The van der Waals surface area contributed by atoms with Gasteiger partial charge in [-0.3, -0.25) is 4.79 Å². The van der Waals surface area contributed by atoms with Gasteiger partial charge in [-0.05, 0) is 48.4 Å². The maximum Gasteiger partial charge on any atom is 0.224 e. The molecule has 0 aromatic heterocycles. The third-order valence-electron chi connectivity index (χ3n) is 2.89. The number of nitrogen functional groups attached to an aromatic ring is 1. The molecule has 2 aromatic carbocycles. The standard InChI is InChI=1S/C16H15N3O/c17-11-13-4-7-15(8-5-13)19-16(20)9-6-12-2-1-3-14(18)10-12/h1-5,7-8,10H,6,9,18H2,(H,19,20). The number of carbonyl (C=O) groups excluding carboxylic acids is 1. The molecule has 20 heavy (non-hydrogen) atoms. The van der Waals surface area contributed by atoms with Crippen molar-refractivity contribution in [1.82, 2.24) is 0 Å². The number of nitrogens with zero attached hydrogens (tertiary/aromatic N) is 1. The molecule has 100 valence electrons. The van der Waals surface area contributed by atoms with Crippen molar-refractivity contribution in [2.45, 2.75) is 12.8 Å². The van der Waals surface area contributed by atoms with Gasteiger partial charge in [0.1, 0.15) is 0 Å². The number of anilines is 2. The highest BCUT2D eigenvalue weighted by Crippen LogP contribution is 2.11. The Morgan fingerprint density at radius 1 is 1.20 bits per heavy atom. The molecule has 0 saturated heterocycles. The van der Waals surface area contributed by atoms with Crippen LogP contribution in [0.3, 0.4) is 0 Å². The van der Waals surface area contributed by atoms with Crippen LogP contribution in [-0.4, -0.2) is 5.91 Å². The minimum Gasteiger partial charge on any atom is -0.399 e. The van der Waals surface area contributed by atoms with E-state index >= 15 is 0 Å². The largest absolute Gasteiger partial charge is 0.399 e. The second kappa shape index (κ2) is 6.39. The first-order chi connectivity index (χ1) is 9.67. The first-order valence-electron chi connectivity index (χ1n) is 6.32. The van der Waals surface area contributed by atoms with Gasteiger partial charge in [0.05, 0.1) is 11.6 Å². The van der Waals surface area contributed by atoms with Crippen molar-refractivity contribution in [3.8, 4) is 6.07 Å². The van der Waals surface area contributed by atoms with Crippen LogP contribution in [0.4, 0.5) is 11.4 Å². The molecule has 0 aliphatic rings. The summed E-state index contributed by atoms with van der Waals surface area (Å²) in [4.78, 5) is 11.8. The summed E-state index contributed by atoms with van der Waals surface area (Å²) in [5.41, 5.74) is 8.70. The van der Waals surface area contributed by atoms with Gasteiger partial charge < -0.3 is 11.1 Å². The monoisotopic (exact) mass is 265 g/mol. The number of nitriles is 1. The van der Waals surface area contributed by atoms with Gasteiger partial charge >= 0.3 is 0 Å². The summed E-state index contributed by atoms with van der Waals surface area (Å²) in [7, 11) is 0. The molecule has 0 spiro atoms. The van der Waals surface area contributed by atoms with E-state index in [0.29, 0.717) is 29.8 Å². The zero-order chi connectivity index (χ0) is 14.4. The molecule has 0 saturated carbocycles. The van der Waals surface area contributed by atoms with Crippen LogP contribution < -0.4 is 11.1 Å². The number of aryl methyl sites for hydroxylation is 1. The minimum absolute atomic E-state index is 0.0582. The summed E-state index contributed by atoms with van der Waals surface area (Å²) >= 11 is 0. The molecule has 0 unspecified atom stereocenters. The van der Waals surface area contributed by atoms with Crippen LogP contribution in [0, 0.1) is 11.3 Å². The number of rotatable bonds is 4. The van der Waals surface area contributed by atoms with Crippen LogP contribution in [0.1, 0.15) is 17.5 Å². The first-order valence-corrected chi connectivity index (χ1v) is 6.32. The van der Waals surface area contributed by atoms with Gasteiger partial charge in [-0.2, -0.15) is 5.26 Å². The van der Waals surface area contributed by atoms with E-state index in [2.05, 4.69) is 5.32 Å². The van der Waals surface area contributed by atoms with Crippen LogP contribution in [0.15, 0.2) is 48.5 Å². The summed E-state index contributed by atoms with van der Waals surface area (Å²) in [6.07, 6.45) is 1.04. The third kappa shape index (κ3) is 3.85. The number of nitrogens with one attached hydrogen (secondary N) is 1. The molecule has 0 heterocycles. The highest BCUT2D eigenvalue weighted by atomic mass is 16.1. The molecule has 0 atom stereocenters. The molecule has 0 fully saturated rings. The van der Waals surface area contributed by atoms with Gasteiger partial charge in [-0.25, -0.2) is 0 Å². The van der Waals surface area contributed by atoms with Crippen molar-refractivity contribution >= 4 is 17.3 Å². The average molecular weight is 265 g/mol. The molecule has 4 heteroatoms. The minimum atomic E-state index is -0.0582. The van der Waals surface area contributed by atoms with E-state index in [0.717, 1.165) is 5.56 Å². The quantitative estimate of drug-likeness (QED) is 0.834. The molecule has 2 rings (SSSR count). The molecule has 0 radical (unpaired) electrons. The Balaban J connectivity index is 1.87. The van der Waals surface area contributed by atoms with E-state index in [4.69, 9.17) is 11.0 Å². The van der Waals surface area contributed by atoms with E-state index in [9.17, 15) is 4.79 Å². The second-order valence-corrected chi connectivity index (χ2v) is 4.48. The van der Waals surface area contributed by atoms with Crippen LogP contribution in [0.25, 0.3) is 0 Å². The zero-order valence-corrected chi connectivity index (χ0v) is 11.0. The lowest BCUT2D eigenvalue weighted by atomic mass is 10.1. The van der Waals surface area contributed by atoms with E-state index in [1.165, 1.54) is 0 Å². The van der Waals surface area contributed by atoms with Crippen LogP contribution in [-0.2, 0) is 11.2 Å². The van der Waals surface area contributed by atoms with Crippen molar-refractivity contribution in [2.24, 2.45) is 0 Å². The van der Waals surface area contributed by atoms with Crippen LogP contribution in [0.5, 0.6) is 0 Å². The van der Waals surface area contributed by atoms with Gasteiger partial charge in [-0.1, -0.05) is 12.1 Å². The van der Waals surface area contributed by atoms with Crippen LogP contribution >= 0.6 is 0 Å². The summed E-state index contributed by atoms with van der Waals surface area (Å²) in [5.74, 6) is -0.0582. The highest BCUT2D eigenvalue weighted by Gasteiger charge is 2.03. The van der Waals surface area contributed by atoms with E-state index < -0.39 is 0 Å². The Labute approximate surface area is 117 Å². The van der Waals surface area contributed by atoms with Gasteiger partial charge in [0.15, 0.2) is 0 Å². The molecule has 3 N–H and O–H groups in total. The Morgan fingerprint density at radius 2 is 1.95 bits per heavy atom. The number of hydrogen-bond donors (Lipinski definition) is 2. The predicted molar refractivity (Wildman–Crippen MR) is 79.0 cm³/mol. The molecule has 0 aliphatic heterocycles. The second-order valence-electron chi connectivity index (χ2n) is 4.48. The molecule has 0 aliphatic carbocycles. The lowest BCUT2D eigenvalue weighted by Gasteiger charge is -2.06. The Kier molecular flexibility index (Phi) is 4.35. The van der Waals surface area contributed by atoms with E-state index in [1.54, 1.807) is 24.3 Å². The van der Waals surface area contributed by atoms with Crippen molar-refractivity contribution in [2.75, 3.05) is 11.1 Å². The van der Waals surface area contributed by atoms with E-state index in [-0.39, 0.29) is 5.91 Å². The molecular weight excluding hydrogens is 250 g/mol. The fraction of sp³-hybridized carbons (Fsp3) is 0.125. The molecule has 4 nitrogen and oxygen atoms in total. The van der Waals surface area contributed by atoms with Crippen molar-refractivity contribution < 1.29 is 4.79 Å². The summed E-state index contributed by atoms with van der Waals surface area (Å²) in [5, 5.41) is 11.5. The van der Waals surface area contributed by atoms with Gasteiger partial charge in [0.2, 0.25) is 5.91 Å². The number of amides is 1. The normalized spacial score (nSPS) is 9.75. The fourth-order valence-corrected chi connectivity index (χ4v) is 1.86. The Bertz CT molecular complexity index is 642. The lowest BCUT2D eigenvalue weighted by molar-refractivity contribution is -0.116. The Hall–Kier alpha value is -2.80. The molecule has 1 amide bonds. The maximum absolute atomic E-state index is 11.8. The molecule has 2 aromatic rings. The topological polar surface area (TPSA) is 78.9 Å². The SMILES string of the molecule is N#Cc1ccc(NC(=O)CCc2cccc(N)c2)cc1. The number of benzene rings is 2. The van der Waals surface area contributed by atoms with Gasteiger partial charge in [-0.15, -0.1) is 0 Å². The fourth-order valence-electron chi connectivity index (χ4n) is 1.86. The predicted octanol–water partition coefficient (Wildman–Crippen LogP) is 2.71. The summed E-state index contributed by atoms with van der Waals surface area (Å²) in [6, 6.07) is 16.3. The number of hydrogen-bond acceptors (Lipinski definition) is 3. The van der Waals surface area contributed by atoms with Crippen LogP contribution in [0.2, 0.25) is 0 Å². The average Bonchev–Trinajstić information content (AvgIpc) is 2.46. The highest BCUT2D eigenvalue weighted by molar-refractivity contribution is 5.90. The number of nitrogens with two attached hydrogens (primary N) is 1. The Morgan fingerprint density at radius 3 is 2.60 bits per heavy atom. The summed E-state index contributed by atoms with van der Waals surface area (Å²) in [6.45, 7) is 0. The van der Waals surface area contributed by atoms with Crippen molar-refractivity contribution in [3.05, 3.63) is 59.7 Å². The van der Waals surface area contributed by atoms with E-state index in [1.807, 2.05) is 30.3 Å². The van der Waals surface area contributed by atoms with Crippen molar-refractivity contribution in [1.29, 1.82) is 5.26 Å². The first kappa shape index (κ1) is 13.6. The number of carbonyl (C=O) groups is 1. The van der Waals surface area contributed by atoms with Gasteiger partial charge in [0, 0.05) is 17.8 Å². The van der Waals surface area contributed by atoms with Gasteiger partial charge in [0.25, 0.3) is 0 Å².